The fraction of sp³-hybridized carbons (Fsp3) is 0.429. The minimum absolute atomic E-state index is 0.224. The maximum atomic E-state index is 14.2. The monoisotopic (exact) mass is 518 g/mol. The van der Waals surface area contributed by atoms with E-state index < -0.39 is 18.2 Å². The number of fused-ring (bicyclic) bond motifs is 2. The summed E-state index contributed by atoms with van der Waals surface area (Å²) >= 11 is 0. The third-order valence-electron chi connectivity index (χ3n) is 7.49. The highest BCUT2D eigenvalue weighted by Crippen LogP contribution is 2.34. The molecular formula is C28H31FN6O3. The zero-order valence-electron chi connectivity index (χ0n) is 21.9. The number of nitrogens with zero attached hydrogens (tertiary/aromatic N) is 6. The van der Waals surface area contributed by atoms with E-state index in [9.17, 15) is 9.18 Å². The molecule has 2 aliphatic rings. The first-order valence-corrected chi connectivity index (χ1v) is 13.1. The zero-order chi connectivity index (χ0) is 26.4. The van der Waals surface area contributed by atoms with Crippen LogP contribution in [0.5, 0.6) is 0 Å². The van der Waals surface area contributed by atoms with E-state index in [1.54, 1.807) is 22.5 Å². The Kier molecular flexibility index (Phi) is 6.35. The van der Waals surface area contributed by atoms with Crippen LogP contribution in [0.4, 0.5) is 10.2 Å². The van der Waals surface area contributed by atoms with Crippen LogP contribution >= 0.6 is 0 Å². The molecule has 0 amide bonds. The number of carbonyl (C=O) groups excluding carboxylic acids is 1. The Morgan fingerprint density at radius 1 is 1.24 bits per heavy atom. The first kappa shape index (κ1) is 24.5. The molecule has 0 radical (unpaired) electrons. The number of halogens is 1. The third-order valence-corrected chi connectivity index (χ3v) is 7.49. The van der Waals surface area contributed by atoms with E-state index in [1.165, 1.54) is 0 Å². The maximum absolute atomic E-state index is 14.2. The van der Waals surface area contributed by atoms with Gasteiger partial charge in [-0.15, -0.1) is 0 Å². The molecule has 2 aliphatic heterocycles. The van der Waals surface area contributed by atoms with Crippen molar-refractivity contribution in [3.63, 3.8) is 0 Å². The lowest BCUT2D eigenvalue weighted by atomic mass is 9.96. The van der Waals surface area contributed by atoms with Gasteiger partial charge in [0.2, 0.25) is 0 Å². The van der Waals surface area contributed by atoms with Gasteiger partial charge in [-0.05, 0) is 49.6 Å². The molecule has 3 aromatic heterocycles. The van der Waals surface area contributed by atoms with Crippen molar-refractivity contribution in [2.45, 2.75) is 46.0 Å². The smallest absolute Gasteiger partial charge is 0.337 e. The van der Waals surface area contributed by atoms with E-state index in [2.05, 4.69) is 22.0 Å². The number of esters is 1. The lowest BCUT2D eigenvalue weighted by Gasteiger charge is -2.27. The number of pyridine rings is 1. The molecule has 1 fully saturated rings. The van der Waals surface area contributed by atoms with Crippen molar-refractivity contribution in [3.05, 3.63) is 59.4 Å². The van der Waals surface area contributed by atoms with Crippen molar-refractivity contribution in [2.24, 2.45) is 0 Å². The van der Waals surface area contributed by atoms with E-state index in [0.29, 0.717) is 18.9 Å². The van der Waals surface area contributed by atoms with Crippen molar-refractivity contribution in [1.29, 1.82) is 0 Å². The second kappa shape index (κ2) is 9.83. The molecule has 0 aliphatic carbocycles. The summed E-state index contributed by atoms with van der Waals surface area (Å²) in [5.41, 5.74) is 6.08. The van der Waals surface area contributed by atoms with E-state index in [1.807, 2.05) is 32.3 Å². The van der Waals surface area contributed by atoms with Gasteiger partial charge in [0.15, 0.2) is 6.04 Å². The number of hydrogen-bond donors (Lipinski definition) is 0. The number of anilines is 1. The zero-order valence-corrected chi connectivity index (χ0v) is 21.9. The van der Waals surface area contributed by atoms with Gasteiger partial charge in [0.25, 0.3) is 0 Å². The minimum atomic E-state index is -0.985. The fourth-order valence-corrected chi connectivity index (χ4v) is 5.53. The van der Waals surface area contributed by atoms with Gasteiger partial charge in [-0.3, -0.25) is 4.68 Å². The van der Waals surface area contributed by atoms with E-state index in [-0.39, 0.29) is 19.6 Å². The predicted octanol–water partition coefficient (Wildman–Crippen LogP) is 3.79. The molecular weight excluding hydrogens is 487 g/mol. The molecule has 9 nitrogen and oxygen atoms in total. The number of aryl methyl sites for hydroxylation is 2. The van der Waals surface area contributed by atoms with Crippen LogP contribution in [0.25, 0.3) is 22.0 Å². The second-order valence-corrected chi connectivity index (χ2v) is 9.93. The van der Waals surface area contributed by atoms with Gasteiger partial charge >= 0.3 is 5.97 Å². The van der Waals surface area contributed by atoms with Crippen LogP contribution in [-0.4, -0.2) is 69.4 Å². The summed E-state index contributed by atoms with van der Waals surface area (Å²) in [4.78, 5) is 24.6. The number of benzene rings is 1. The standard InChI is InChI=1S/C28H31FN6O3/c1-4-38-28(36)27(26-23-12-20(29)14-34(23)16-31-26)35-15-22-17(2)11-21(18(3)25(22)32-35)19-5-6-24(30-13-19)33-7-9-37-10-8-33/h5-6,11,13,15-16,20,27H,4,7-10,12,14H2,1-3H3/t20-,27?/m1/s1. The number of hydrogen-bond acceptors (Lipinski definition) is 7. The lowest BCUT2D eigenvalue weighted by Crippen LogP contribution is -2.36. The summed E-state index contributed by atoms with van der Waals surface area (Å²) in [5, 5.41) is 5.83. The number of rotatable bonds is 6. The first-order chi connectivity index (χ1) is 18.4. The van der Waals surface area contributed by atoms with Crippen molar-refractivity contribution in [1.82, 2.24) is 24.3 Å². The van der Waals surface area contributed by atoms with Crippen LogP contribution in [-0.2, 0) is 27.2 Å². The topological polar surface area (TPSA) is 87.3 Å². The molecule has 0 saturated carbocycles. The number of imidazole rings is 1. The molecule has 0 spiro atoms. The van der Waals surface area contributed by atoms with E-state index >= 15 is 0 Å². The van der Waals surface area contributed by atoms with Crippen molar-refractivity contribution >= 4 is 22.7 Å². The van der Waals surface area contributed by atoms with E-state index in [4.69, 9.17) is 19.6 Å². The number of aromatic nitrogens is 5. The molecule has 6 rings (SSSR count). The largest absolute Gasteiger partial charge is 0.464 e. The molecule has 38 heavy (non-hydrogen) atoms. The predicted molar refractivity (Wildman–Crippen MR) is 141 cm³/mol. The molecule has 1 aromatic carbocycles. The van der Waals surface area contributed by atoms with Crippen LogP contribution in [0.15, 0.2) is 36.9 Å². The Labute approximate surface area is 220 Å². The molecule has 10 heteroatoms. The molecule has 0 bridgehead atoms. The third kappa shape index (κ3) is 4.22. The van der Waals surface area contributed by atoms with Crippen LogP contribution in [0.1, 0.15) is 35.5 Å². The highest BCUT2D eigenvalue weighted by atomic mass is 19.1. The number of carbonyl (C=O) groups is 1. The summed E-state index contributed by atoms with van der Waals surface area (Å²) in [6, 6.07) is 5.38. The van der Waals surface area contributed by atoms with Crippen LogP contribution in [0.2, 0.25) is 0 Å². The highest BCUT2D eigenvalue weighted by molar-refractivity contribution is 5.91. The Balaban J connectivity index is 1.39. The molecule has 5 heterocycles. The molecule has 1 unspecified atom stereocenters. The Hall–Kier alpha value is -3.79. The Morgan fingerprint density at radius 3 is 2.79 bits per heavy atom. The molecule has 1 saturated heterocycles. The maximum Gasteiger partial charge on any atom is 0.337 e. The molecule has 2 atom stereocenters. The van der Waals surface area contributed by atoms with Crippen LogP contribution in [0, 0.1) is 13.8 Å². The van der Waals surface area contributed by atoms with Gasteiger partial charge in [0.05, 0.1) is 43.9 Å². The Bertz CT molecular complexity index is 1490. The molecule has 198 valence electrons. The van der Waals surface area contributed by atoms with Gasteiger partial charge in [-0.1, -0.05) is 6.07 Å². The quantitative estimate of drug-likeness (QED) is 0.359. The van der Waals surface area contributed by atoms with Crippen LogP contribution in [0.3, 0.4) is 0 Å². The number of ether oxygens (including phenoxy) is 2. The van der Waals surface area contributed by atoms with Gasteiger partial charge in [-0.25, -0.2) is 19.2 Å². The fourth-order valence-electron chi connectivity index (χ4n) is 5.53. The summed E-state index contributed by atoms with van der Waals surface area (Å²) in [7, 11) is 0. The van der Waals surface area contributed by atoms with Crippen molar-refractivity contribution in [2.75, 3.05) is 37.8 Å². The van der Waals surface area contributed by atoms with Gasteiger partial charge in [-0.2, -0.15) is 5.10 Å². The summed E-state index contributed by atoms with van der Waals surface area (Å²) in [6.07, 6.45) is 4.61. The molecule has 0 N–H and O–H groups in total. The number of alkyl halides is 1. The first-order valence-electron chi connectivity index (χ1n) is 13.1. The lowest BCUT2D eigenvalue weighted by molar-refractivity contribution is -0.146. The molecule has 4 aromatic rings. The Morgan fingerprint density at radius 2 is 2.05 bits per heavy atom. The average Bonchev–Trinajstić information content (AvgIpc) is 3.63. The van der Waals surface area contributed by atoms with Gasteiger partial charge < -0.3 is 18.9 Å². The summed E-state index contributed by atoms with van der Waals surface area (Å²) in [6.45, 7) is 9.41. The van der Waals surface area contributed by atoms with Crippen molar-refractivity contribution in [3.8, 4) is 11.1 Å². The SMILES string of the molecule is CCOC(=O)C(c1ncn2c1C[C@@H](F)C2)n1cc2c(C)cc(-c3ccc(N4CCOCC4)nc3)c(C)c2n1. The average molecular weight is 519 g/mol. The van der Waals surface area contributed by atoms with Crippen LogP contribution < -0.4 is 4.90 Å². The normalized spacial score (nSPS) is 18.1. The van der Waals surface area contributed by atoms with Gasteiger partial charge in [0.1, 0.15) is 12.0 Å². The van der Waals surface area contributed by atoms with Gasteiger partial charge in [0, 0.05) is 48.5 Å². The summed E-state index contributed by atoms with van der Waals surface area (Å²) < 4.78 is 28.4. The minimum Gasteiger partial charge on any atom is -0.464 e. The van der Waals surface area contributed by atoms with E-state index in [0.717, 1.165) is 57.8 Å². The number of morpholine rings is 1. The van der Waals surface area contributed by atoms with Crippen molar-refractivity contribution < 1.29 is 18.7 Å². The highest BCUT2D eigenvalue weighted by Gasteiger charge is 2.35. The summed E-state index contributed by atoms with van der Waals surface area (Å²) in [5.74, 6) is 0.486. The second-order valence-electron chi connectivity index (χ2n) is 9.93.